The molecule has 2 rings (SSSR count). The van der Waals surface area contributed by atoms with Gasteiger partial charge in [-0.2, -0.15) is 0 Å². The molecule has 0 amide bonds. The highest BCUT2D eigenvalue weighted by atomic mass is 32.1. The summed E-state index contributed by atoms with van der Waals surface area (Å²) in [6.07, 6.45) is 2.38. The summed E-state index contributed by atoms with van der Waals surface area (Å²) in [5.74, 6) is 1.06. The maximum atomic E-state index is 9.34. The second-order valence-corrected chi connectivity index (χ2v) is 5.59. The van der Waals surface area contributed by atoms with Gasteiger partial charge in [0.25, 0.3) is 0 Å². The van der Waals surface area contributed by atoms with Crippen molar-refractivity contribution >= 4 is 17.2 Å². The van der Waals surface area contributed by atoms with E-state index < -0.39 is 0 Å². The van der Waals surface area contributed by atoms with Crippen LogP contribution in [0.4, 0.5) is 0 Å². The summed E-state index contributed by atoms with van der Waals surface area (Å²) in [5.41, 5.74) is 6.96. The van der Waals surface area contributed by atoms with Gasteiger partial charge in [-0.3, -0.25) is 4.90 Å². The van der Waals surface area contributed by atoms with Crippen molar-refractivity contribution in [2.75, 3.05) is 13.1 Å². The third kappa shape index (κ3) is 3.00. The van der Waals surface area contributed by atoms with E-state index in [0.29, 0.717) is 4.99 Å². The van der Waals surface area contributed by atoms with Crippen LogP contribution in [0.25, 0.3) is 0 Å². The van der Waals surface area contributed by atoms with E-state index in [4.69, 9.17) is 18.0 Å². The van der Waals surface area contributed by atoms with Crippen molar-refractivity contribution in [1.29, 1.82) is 0 Å². The zero-order valence-corrected chi connectivity index (χ0v) is 11.5. The van der Waals surface area contributed by atoms with Crippen molar-refractivity contribution in [3.63, 3.8) is 0 Å². The molecule has 18 heavy (non-hydrogen) atoms. The summed E-state index contributed by atoms with van der Waals surface area (Å²) in [7, 11) is 0. The van der Waals surface area contributed by atoms with Gasteiger partial charge in [0.1, 0.15) is 5.75 Å². The van der Waals surface area contributed by atoms with E-state index in [1.54, 1.807) is 12.1 Å². The molecule has 0 saturated carbocycles. The molecule has 1 heterocycles. The Labute approximate surface area is 114 Å². The molecule has 1 saturated heterocycles. The first kappa shape index (κ1) is 13.3. The monoisotopic (exact) mass is 264 g/mol. The Balaban J connectivity index is 2.18. The number of aromatic hydroxyl groups is 1. The molecular formula is C14H20N2OS. The Morgan fingerprint density at radius 1 is 1.33 bits per heavy atom. The van der Waals surface area contributed by atoms with E-state index in [1.807, 2.05) is 12.1 Å². The SMILES string of the molecule is CC1CCN(C(C(N)=S)c2ccc(O)cc2)CC1. The molecule has 0 spiro atoms. The highest BCUT2D eigenvalue weighted by molar-refractivity contribution is 7.80. The van der Waals surface area contributed by atoms with Crippen molar-refractivity contribution in [3.05, 3.63) is 29.8 Å². The first-order valence-electron chi connectivity index (χ1n) is 6.40. The van der Waals surface area contributed by atoms with Crippen molar-refractivity contribution in [3.8, 4) is 5.75 Å². The highest BCUT2D eigenvalue weighted by Gasteiger charge is 2.26. The number of benzene rings is 1. The van der Waals surface area contributed by atoms with Gasteiger partial charge in [0.15, 0.2) is 0 Å². The molecule has 1 unspecified atom stereocenters. The van der Waals surface area contributed by atoms with E-state index in [1.165, 1.54) is 12.8 Å². The fraction of sp³-hybridized carbons (Fsp3) is 0.500. The molecule has 1 aliphatic heterocycles. The molecule has 0 aliphatic carbocycles. The minimum atomic E-state index is -0.00639. The first-order chi connectivity index (χ1) is 8.58. The standard InChI is InChI=1S/C14H20N2OS/c1-10-6-8-16(9-7-10)13(14(15)18)11-2-4-12(17)5-3-11/h2-5,10,13,17H,6-9H2,1H3,(H2,15,18). The Morgan fingerprint density at radius 2 is 1.89 bits per heavy atom. The Morgan fingerprint density at radius 3 is 2.39 bits per heavy atom. The number of nitrogens with zero attached hydrogens (tertiary/aromatic N) is 1. The summed E-state index contributed by atoms with van der Waals surface area (Å²) in [5, 5.41) is 9.34. The smallest absolute Gasteiger partial charge is 0.115 e. The number of hydrogen-bond donors (Lipinski definition) is 2. The predicted octanol–water partition coefficient (Wildman–Crippen LogP) is 2.45. The predicted molar refractivity (Wildman–Crippen MR) is 77.6 cm³/mol. The number of nitrogens with two attached hydrogens (primary N) is 1. The molecule has 1 aromatic carbocycles. The third-order valence-corrected chi connectivity index (χ3v) is 3.88. The summed E-state index contributed by atoms with van der Waals surface area (Å²) < 4.78 is 0. The first-order valence-corrected chi connectivity index (χ1v) is 6.81. The maximum absolute atomic E-state index is 9.34. The zero-order chi connectivity index (χ0) is 13.1. The average Bonchev–Trinajstić information content (AvgIpc) is 2.34. The van der Waals surface area contributed by atoms with Crippen LogP contribution < -0.4 is 5.73 Å². The zero-order valence-electron chi connectivity index (χ0n) is 10.7. The van der Waals surface area contributed by atoms with Crippen molar-refractivity contribution in [2.45, 2.75) is 25.8 Å². The van der Waals surface area contributed by atoms with Crippen LogP contribution in [0.15, 0.2) is 24.3 Å². The fourth-order valence-electron chi connectivity index (χ4n) is 2.50. The van der Waals surface area contributed by atoms with Crippen LogP contribution in [0, 0.1) is 5.92 Å². The number of hydrogen-bond acceptors (Lipinski definition) is 3. The van der Waals surface area contributed by atoms with Gasteiger partial charge < -0.3 is 10.8 Å². The molecule has 1 aromatic rings. The van der Waals surface area contributed by atoms with Crippen LogP contribution in [-0.2, 0) is 0 Å². The number of rotatable bonds is 3. The Kier molecular flexibility index (Phi) is 4.19. The molecule has 1 atom stereocenters. The lowest BCUT2D eigenvalue weighted by molar-refractivity contribution is 0.171. The fourth-order valence-corrected chi connectivity index (χ4v) is 2.78. The lowest BCUT2D eigenvalue weighted by atomic mass is 9.95. The quantitative estimate of drug-likeness (QED) is 0.823. The van der Waals surface area contributed by atoms with Gasteiger partial charge in [0, 0.05) is 0 Å². The third-order valence-electron chi connectivity index (χ3n) is 3.66. The number of phenols is 1. The molecule has 3 N–H and O–H groups in total. The summed E-state index contributed by atoms with van der Waals surface area (Å²) in [6.45, 7) is 4.35. The van der Waals surface area contributed by atoms with Gasteiger partial charge in [-0.25, -0.2) is 0 Å². The van der Waals surface area contributed by atoms with Crippen LogP contribution >= 0.6 is 12.2 Å². The second-order valence-electron chi connectivity index (χ2n) is 5.11. The van der Waals surface area contributed by atoms with Crippen LogP contribution in [0.3, 0.4) is 0 Å². The van der Waals surface area contributed by atoms with Crippen molar-refractivity contribution in [2.24, 2.45) is 11.7 Å². The molecule has 3 nitrogen and oxygen atoms in total. The summed E-state index contributed by atoms with van der Waals surface area (Å²) in [4.78, 5) is 2.85. The molecular weight excluding hydrogens is 244 g/mol. The normalized spacial score (nSPS) is 19.6. The summed E-state index contributed by atoms with van der Waals surface area (Å²) in [6, 6.07) is 7.17. The van der Waals surface area contributed by atoms with Gasteiger partial charge >= 0.3 is 0 Å². The van der Waals surface area contributed by atoms with Gasteiger partial charge in [0.05, 0.1) is 11.0 Å². The van der Waals surface area contributed by atoms with Crippen LogP contribution in [0.2, 0.25) is 0 Å². The van der Waals surface area contributed by atoms with E-state index in [-0.39, 0.29) is 11.8 Å². The van der Waals surface area contributed by atoms with E-state index in [0.717, 1.165) is 24.6 Å². The minimum absolute atomic E-state index is 0.00639. The number of thiocarbonyl (C=S) groups is 1. The van der Waals surface area contributed by atoms with Gasteiger partial charge in [-0.1, -0.05) is 31.3 Å². The van der Waals surface area contributed by atoms with E-state index in [9.17, 15) is 5.11 Å². The number of phenolic OH excluding ortho intramolecular Hbond substituents is 1. The lowest BCUT2D eigenvalue weighted by Crippen LogP contribution is -2.41. The molecule has 4 heteroatoms. The average molecular weight is 264 g/mol. The Bertz CT molecular complexity index is 410. The van der Waals surface area contributed by atoms with Gasteiger partial charge in [-0.15, -0.1) is 0 Å². The molecule has 0 aromatic heterocycles. The van der Waals surface area contributed by atoms with Gasteiger partial charge in [0.2, 0.25) is 0 Å². The molecule has 98 valence electrons. The van der Waals surface area contributed by atoms with E-state index >= 15 is 0 Å². The maximum Gasteiger partial charge on any atom is 0.115 e. The Hall–Kier alpha value is -1.13. The van der Waals surface area contributed by atoms with Crippen molar-refractivity contribution in [1.82, 2.24) is 4.90 Å². The van der Waals surface area contributed by atoms with Gasteiger partial charge in [-0.05, 0) is 49.5 Å². The highest BCUT2D eigenvalue weighted by Crippen LogP contribution is 2.28. The topological polar surface area (TPSA) is 49.5 Å². The molecule has 1 fully saturated rings. The number of piperidine rings is 1. The largest absolute Gasteiger partial charge is 0.508 e. The van der Waals surface area contributed by atoms with Crippen LogP contribution in [-0.4, -0.2) is 28.1 Å². The van der Waals surface area contributed by atoms with E-state index in [2.05, 4.69) is 11.8 Å². The minimum Gasteiger partial charge on any atom is -0.508 e. The molecule has 0 radical (unpaired) electrons. The van der Waals surface area contributed by atoms with Crippen LogP contribution in [0.1, 0.15) is 31.4 Å². The molecule has 0 bridgehead atoms. The number of likely N-dealkylation sites (tertiary alicyclic amines) is 1. The van der Waals surface area contributed by atoms with Crippen molar-refractivity contribution < 1.29 is 5.11 Å². The summed E-state index contributed by atoms with van der Waals surface area (Å²) >= 11 is 5.22. The lowest BCUT2D eigenvalue weighted by Gasteiger charge is -2.36. The second kappa shape index (κ2) is 5.67. The molecule has 1 aliphatic rings. The van der Waals surface area contributed by atoms with Crippen LogP contribution in [0.5, 0.6) is 5.75 Å².